The zero-order chi connectivity index (χ0) is 36.0. The van der Waals surface area contributed by atoms with Crippen molar-refractivity contribution in [2.24, 2.45) is 5.92 Å². The highest BCUT2D eigenvalue weighted by Crippen LogP contribution is 2.27. The molecule has 0 saturated heterocycles. The molecule has 5 rings (SSSR count). The molecule has 0 heterocycles. The molecule has 0 radical (unpaired) electrons. The number of carbonyl (C=O) groups is 3. The van der Waals surface area contributed by atoms with Crippen LogP contribution in [0.5, 0.6) is 0 Å². The first-order valence-electron chi connectivity index (χ1n) is 16.4. The third-order valence-electron chi connectivity index (χ3n) is 7.89. The second-order valence-electron chi connectivity index (χ2n) is 12.1. The minimum absolute atomic E-state index is 0.0978. The van der Waals surface area contributed by atoms with Crippen molar-refractivity contribution in [1.82, 2.24) is 21.3 Å². The number of halogens is 2. The molecule has 0 spiro atoms. The van der Waals surface area contributed by atoms with E-state index in [-0.39, 0.29) is 30.1 Å². The van der Waals surface area contributed by atoms with E-state index in [1.807, 2.05) is 18.2 Å². The first-order valence-corrected chi connectivity index (χ1v) is 17.5. The van der Waals surface area contributed by atoms with Gasteiger partial charge in [0.25, 0.3) is 11.8 Å². The highest BCUT2D eigenvalue weighted by atomic mass is 32.2. The zero-order valence-electron chi connectivity index (χ0n) is 28.4. The van der Waals surface area contributed by atoms with Crippen LogP contribution in [0.3, 0.4) is 0 Å². The number of carbonyl (C=O) groups excluding carboxylic acids is 3. The van der Waals surface area contributed by atoms with Gasteiger partial charge in [0.2, 0.25) is 5.91 Å². The van der Waals surface area contributed by atoms with Gasteiger partial charge in [-0.2, -0.15) is 0 Å². The summed E-state index contributed by atoms with van der Waals surface area (Å²) in [6.45, 7) is 5.19. The van der Waals surface area contributed by atoms with E-state index >= 15 is 0 Å². The summed E-state index contributed by atoms with van der Waals surface area (Å²) in [5.41, 5.74) is 2.62. The third kappa shape index (κ3) is 12.2. The Morgan fingerprint density at radius 3 is 1.94 bits per heavy atom. The normalized spacial score (nSPS) is 13.2. The molecule has 4 aromatic carbocycles. The van der Waals surface area contributed by atoms with Crippen molar-refractivity contribution < 1.29 is 27.4 Å². The number of hydrogen-bond acceptors (Lipinski definition) is 5. The molecule has 9 nitrogen and oxygen atoms in total. The van der Waals surface area contributed by atoms with Crippen LogP contribution in [0.25, 0.3) is 0 Å². The lowest BCUT2D eigenvalue weighted by Crippen LogP contribution is -2.45. The van der Waals surface area contributed by atoms with E-state index in [1.165, 1.54) is 71.5 Å². The minimum atomic E-state index is -1.76. The summed E-state index contributed by atoms with van der Waals surface area (Å²) < 4.78 is 41.2. The van der Waals surface area contributed by atoms with Gasteiger partial charge in [0.05, 0.1) is 16.6 Å². The lowest BCUT2D eigenvalue weighted by Gasteiger charge is -2.20. The fourth-order valence-corrected chi connectivity index (χ4v) is 5.64. The summed E-state index contributed by atoms with van der Waals surface area (Å²) in [6, 6.07) is 25.2. The fourth-order valence-electron chi connectivity index (χ4n) is 4.66. The lowest BCUT2D eigenvalue weighted by molar-refractivity contribution is -0.122. The summed E-state index contributed by atoms with van der Waals surface area (Å²) in [5.74, 6) is -1.34. The van der Waals surface area contributed by atoms with E-state index in [2.05, 4.69) is 40.3 Å². The number of aryl methyl sites for hydroxylation is 1. The van der Waals surface area contributed by atoms with Crippen LogP contribution in [0.4, 0.5) is 14.5 Å². The van der Waals surface area contributed by atoms with Crippen LogP contribution in [-0.4, -0.2) is 54.7 Å². The first kappa shape index (κ1) is 37.9. The van der Waals surface area contributed by atoms with Crippen LogP contribution in [0.15, 0.2) is 102 Å². The van der Waals surface area contributed by atoms with Gasteiger partial charge in [-0.15, -0.1) is 0 Å². The molecule has 1 aliphatic carbocycles. The predicted octanol–water partition coefficient (Wildman–Crippen LogP) is 5.28. The highest BCUT2D eigenvalue weighted by Gasteiger charge is 2.23. The van der Waals surface area contributed by atoms with Gasteiger partial charge in [-0.3, -0.25) is 18.7 Å². The Hall–Kier alpha value is -4.94. The molecule has 0 aromatic heterocycles. The van der Waals surface area contributed by atoms with Crippen molar-refractivity contribution in [1.29, 1.82) is 0 Å². The summed E-state index contributed by atoms with van der Waals surface area (Å²) in [6.07, 6.45) is 2.29. The van der Waals surface area contributed by atoms with E-state index in [1.54, 1.807) is 19.1 Å². The lowest BCUT2D eigenvalue weighted by atomic mass is 10.1. The molecular weight excluding hydrogens is 661 g/mol. The molecule has 50 heavy (non-hydrogen) atoms. The third-order valence-corrected chi connectivity index (χ3v) is 9.28. The van der Waals surface area contributed by atoms with Crippen LogP contribution in [0.1, 0.15) is 51.6 Å². The van der Waals surface area contributed by atoms with Crippen molar-refractivity contribution >= 4 is 34.4 Å². The number of nitrogens with one attached hydrogen (secondary N) is 4. The SMILES string of the molecule is C[C@H](NCCNC(=O)c1cc(C(=O)NCc2ccc(F)cc2)cc(N(C)S(=O)c2ccc(F)cc2)c1)C(=O)NCC1CC1.Cc1ccccc1. The number of nitrogens with zero attached hydrogens (tertiary/aromatic N) is 1. The average Bonchev–Trinajstić information content (AvgIpc) is 3.96. The summed E-state index contributed by atoms with van der Waals surface area (Å²) >= 11 is 0. The molecule has 12 heteroatoms. The standard InChI is InChI=1S/C31H35F2N5O4S.C7H8/c1-20(29(39)36-18-21-3-4-21)34-13-14-35-30(40)23-15-24(31(41)37-19-22-5-7-25(32)8-6-22)17-27(16-23)38(2)43(42)28-11-9-26(33)10-12-28;1-7-5-3-2-4-6-7/h5-12,15-17,20-21,34H,3-4,13-14,18-19H2,1-2H3,(H,35,40)(H,36,39)(H,37,41);2-6H,1H3/t20-,43?;/m0./s1. The summed E-state index contributed by atoms with van der Waals surface area (Å²) in [7, 11) is -0.226. The second-order valence-corrected chi connectivity index (χ2v) is 13.6. The van der Waals surface area contributed by atoms with Gasteiger partial charge in [0.1, 0.15) is 11.6 Å². The topological polar surface area (TPSA) is 120 Å². The van der Waals surface area contributed by atoms with Crippen molar-refractivity contribution in [2.75, 3.05) is 31.0 Å². The molecule has 1 aliphatic rings. The fraction of sp³-hybridized carbons (Fsp3) is 0.289. The summed E-state index contributed by atoms with van der Waals surface area (Å²) in [4.78, 5) is 38.8. The zero-order valence-corrected chi connectivity index (χ0v) is 29.2. The van der Waals surface area contributed by atoms with Gasteiger partial charge < -0.3 is 21.3 Å². The molecule has 1 saturated carbocycles. The summed E-state index contributed by atoms with van der Waals surface area (Å²) in [5, 5.41) is 11.5. The molecule has 0 bridgehead atoms. The van der Waals surface area contributed by atoms with Crippen LogP contribution < -0.4 is 25.6 Å². The molecule has 0 aliphatic heterocycles. The van der Waals surface area contributed by atoms with Gasteiger partial charge in [0, 0.05) is 44.4 Å². The van der Waals surface area contributed by atoms with E-state index in [0.29, 0.717) is 35.2 Å². The Balaban J connectivity index is 0.000000714. The Bertz CT molecular complexity index is 1750. The van der Waals surface area contributed by atoms with E-state index in [9.17, 15) is 27.4 Å². The van der Waals surface area contributed by atoms with Crippen LogP contribution in [-0.2, 0) is 22.3 Å². The molecule has 1 unspecified atom stereocenters. The van der Waals surface area contributed by atoms with Crippen molar-refractivity contribution in [3.8, 4) is 0 Å². The van der Waals surface area contributed by atoms with Gasteiger partial charge in [-0.25, -0.2) is 13.0 Å². The number of hydrogen-bond donors (Lipinski definition) is 4. The number of amides is 3. The molecule has 4 aromatic rings. The minimum Gasteiger partial charge on any atom is -0.354 e. The van der Waals surface area contributed by atoms with Gasteiger partial charge >= 0.3 is 0 Å². The molecule has 3 amide bonds. The van der Waals surface area contributed by atoms with E-state index in [4.69, 9.17) is 0 Å². The number of anilines is 1. The number of rotatable bonds is 14. The molecule has 264 valence electrons. The molecule has 4 N–H and O–H groups in total. The monoisotopic (exact) mass is 703 g/mol. The van der Waals surface area contributed by atoms with Gasteiger partial charge in [-0.05, 0) is 92.8 Å². The van der Waals surface area contributed by atoms with Crippen LogP contribution in [0.2, 0.25) is 0 Å². The Morgan fingerprint density at radius 1 is 0.800 bits per heavy atom. The maximum absolute atomic E-state index is 13.4. The van der Waals surface area contributed by atoms with Crippen LogP contribution in [0, 0.1) is 24.5 Å². The highest BCUT2D eigenvalue weighted by molar-refractivity contribution is 7.86. The van der Waals surface area contributed by atoms with E-state index in [0.717, 1.165) is 12.8 Å². The quantitative estimate of drug-likeness (QED) is 0.133. The molecule has 1 fully saturated rings. The van der Waals surface area contributed by atoms with Crippen molar-refractivity contribution in [2.45, 2.75) is 44.2 Å². The van der Waals surface area contributed by atoms with E-state index < -0.39 is 40.5 Å². The van der Waals surface area contributed by atoms with Gasteiger partial charge in [0.15, 0.2) is 11.0 Å². The van der Waals surface area contributed by atoms with Crippen LogP contribution >= 0.6 is 0 Å². The molecule has 2 atom stereocenters. The largest absolute Gasteiger partial charge is 0.354 e. The second kappa shape index (κ2) is 18.7. The average molecular weight is 704 g/mol. The Morgan fingerprint density at radius 2 is 1.38 bits per heavy atom. The molecular formula is C38H43F2N5O4S. The maximum atomic E-state index is 13.4. The predicted molar refractivity (Wildman–Crippen MR) is 192 cm³/mol. The number of benzene rings is 4. The maximum Gasteiger partial charge on any atom is 0.251 e. The van der Waals surface area contributed by atoms with Gasteiger partial charge in [-0.1, -0.05) is 48.0 Å². The Kier molecular flexibility index (Phi) is 14.2. The first-order chi connectivity index (χ1) is 24.0. The Labute approximate surface area is 294 Å². The smallest absolute Gasteiger partial charge is 0.251 e. The van der Waals surface area contributed by atoms with Crippen molar-refractivity contribution in [3.63, 3.8) is 0 Å². The van der Waals surface area contributed by atoms with Crippen molar-refractivity contribution in [3.05, 3.63) is 131 Å².